The normalized spacial score (nSPS) is 31.8. The van der Waals surface area contributed by atoms with E-state index in [1.165, 1.54) is 0 Å². The molecule has 70 valence electrons. The van der Waals surface area contributed by atoms with Gasteiger partial charge in [-0.3, -0.25) is 13.9 Å². The molecular formula is C7H13NO3S. The first-order chi connectivity index (χ1) is 5.59. The summed E-state index contributed by atoms with van der Waals surface area (Å²) in [4.78, 5) is 12.2. The van der Waals surface area contributed by atoms with Crippen LogP contribution in [0.4, 0.5) is 0 Å². The Kier molecular flexibility index (Phi) is 3.22. The molecule has 0 spiro atoms. The Labute approximate surface area is 74.0 Å². The maximum absolute atomic E-state index is 11.0. The average molecular weight is 191 g/mol. The molecule has 0 saturated carbocycles. The highest BCUT2D eigenvalue weighted by Gasteiger charge is 2.23. The van der Waals surface area contributed by atoms with Crippen LogP contribution < -0.4 is 0 Å². The summed E-state index contributed by atoms with van der Waals surface area (Å²) < 4.78 is 11.0. The molecule has 0 aromatic rings. The van der Waals surface area contributed by atoms with Crippen LogP contribution in [0.3, 0.4) is 0 Å². The van der Waals surface area contributed by atoms with Gasteiger partial charge in [-0.05, 0) is 6.92 Å². The molecule has 1 saturated heterocycles. The molecule has 12 heavy (non-hydrogen) atoms. The van der Waals surface area contributed by atoms with Crippen molar-refractivity contribution in [1.29, 1.82) is 0 Å². The van der Waals surface area contributed by atoms with Gasteiger partial charge in [-0.2, -0.15) is 0 Å². The number of rotatable bonds is 2. The van der Waals surface area contributed by atoms with Crippen LogP contribution in [0.5, 0.6) is 0 Å². The van der Waals surface area contributed by atoms with Gasteiger partial charge in [-0.15, -0.1) is 0 Å². The molecular weight excluding hydrogens is 178 g/mol. The zero-order chi connectivity index (χ0) is 9.14. The number of hydrogen-bond acceptors (Lipinski definition) is 3. The highest BCUT2D eigenvalue weighted by atomic mass is 32.2. The Balaban J connectivity index is 2.45. The van der Waals surface area contributed by atoms with E-state index in [0.29, 0.717) is 18.1 Å². The van der Waals surface area contributed by atoms with E-state index in [-0.39, 0.29) is 12.6 Å². The van der Waals surface area contributed by atoms with Crippen molar-refractivity contribution < 1.29 is 14.1 Å². The van der Waals surface area contributed by atoms with E-state index in [1.54, 1.807) is 0 Å². The number of carboxylic acid groups (broad SMARTS) is 1. The monoisotopic (exact) mass is 191 g/mol. The second-order valence-electron chi connectivity index (χ2n) is 3.02. The highest BCUT2D eigenvalue weighted by Crippen LogP contribution is 2.07. The standard InChI is InChI=1S/C7H13NO3S/c1-6-5-12(11)3-2-8(6)4-7(9)10/h6H,2-5H2,1H3,(H,9,10). The predicted molar refractivity (Wildman–Crippen MR) is 46.5 cm³/mol. The van der Waals surface area contributed by atoms with Gasteiger partial charge in [0.25, 0.3) is 0 Å². The third-order valence-corrected chi connectivity index (χ3v) is 3.49. The van der Waals surface area contributed by atoms with E-state index in [9.17, 15) is 9.00 Å². The zero-order valence-corrected chi connectivity index (χ0v) is 7.84. The molecule has 1 fully saturated rings. The third-order valence-electron chi connectivity index (χ3n) is 1.99. The fourth-order valence-corrected chi connectivity index (χ4v) is 2.66. The van der Waals surface area contributed by atoms with Gasteiger partial charge in [0.1, 0.15) is 0 Å². The summed E-state index contributed by atoms with van der Waals surface area (Å²) in [5.41, 5.74) is 0. The van der Waals surface area contributed by atoms with Crippen LogP contribution in [-0.2, 0) is 15.6 Å². The fraction of sp³-hybridized carbons (Fsp3) is 0.857. The lowest BCUT2D eigenvalue weighted by Crippen LogP contribution is -2.46. The molecule has 0 aromatic heterocycles. The quantitative estimate of drug-likeness (QED) is 0.640. The van der Waals surface area contributed by atoms with Gasteiger partial charge in [-0.25, -0.2) is 0 Å². The maximum Gasteiger partial charge on any atom is 0.317 e. The SMILES string of the molecule is CC1CS(=O)CCN1CC(=O)O. The van der Waals surface area contributed by atoms with Crippen molar-refractivity contribution in [2.75, 3.05) is 24.6 Å². The minimum Gasteiger partial charge on any atom is -0.480 e. The Morgan fingerprint density at radius 3 is 2.92 bits per heavy atom. The smallest absolute Gasteiger partial charge is 0.317 e. The minimum atomic E-state index is -0.811. The second kappa shape index (κ2) is 4.00. The molecule has 1 aliphatic heterocycles. The van der Waals surface area contributed by atoms with Crippen molar-refractivity contribution in [3.8, 4) is 0 Å². The molecule has 0 bridgehead atoms. The summed E-state index contributed by atoms with van der Waals surface area (Å²) in [6.45, 7) is 2.62. The van der Waals surface area contributed by atoms with E-state index in [2.05, 4.69) is 0 Å². The molecule has 1 rings (SSSR count). The first kappa shape index (κ1) is 9.67. The summed E-state index contributed by atoms with van der Waals surface area (Å²) in [6.07, 6.45) is 0. The summed E-state index contributed by atoms with van der Waals surface area (Å²) in [5, 5.41) is 8.53. The van der Waals surface area contributed by atoms with Gasteiger partial charge in [0.15, 0.2) is 0 Å². The van der Waals surface area contributed by atoms with E-state index in [1.807, 2.05) is 11.8 Å². The van der Waals surface area contributed by atoms with Gasteiger partial charge < -0.3 is 5.11 Å². The molecule has 0 aromatic carbocycles. The number of hydrogen-bond donors (Lipinski definition) is 1. The molecule has 0 radical (unpaired) electrons. The van der Waals surface area contributed by atoms with Gasteiger partial charge in [-0.1, -0.05) is 0 Å². The summed E-state index contributed by atoms with van der Waals surface area (Å²) in [7, 11) is -0.740. The minimum absolute atomic E-state index is 0.0678. The van der Waals surface area contributed by atoms with Crippen LogP contribution in [0.25, 0.3) is 0 Å². The lowest BCUT2D eigenvalue weighted by atomic mass is 10.3. The van der Waals surface area contributed by atoms with Crippen molar-refractivity contribution >= 4 is 16.8 Å². The largest absolute Gasteiger partial charge is 0.480 e. The summed E-state index contributed by atoms with van der Waals surface area (Å²) in [6, 6.07) is 0.135. The molecule has 1 heterocycles. The Hall–Kier alpha value is -0.420. The van der Waals surface area contributed by atoms with Gasteiger partial charge in [0, 0.05) is 34.9 Å². The van der Waals surface area contributed by atoms with E-state index in [4.69, 9.17) is 5.11 Å². The van der Waals surface area contributed by atoms with Gasteiger partial charge >= 0.3 is 5.97 Å². The number of carbonyl (C=O) groups is 1. The lowest BCUT2D eigenvalue weighted by molar-refractivity contribution is -0.138. The molecule has 1 N–H and O–H groups in total. The number of nitrogens with zero attached hydrogens (tertiary/aromatic N) is 1. The van der Waals surface area contributed by atoms with Gasteiger partial charge in [0.2, 0.25) is 0 Å². The third kappa shape index (κ3) is 2.57. The average Bonchev–Trinajstić information content (AvgIpc) is 1.94. The molecule has 2 unspecified atom stereocenters. The predicted octanol–water partition coefficient (Wildman–Crippen LogP) is -0.476. The summed E-state index contributed by atoms with van der Waals surface area (Å²) >= 11 is 0. The highest BCUT2D eigenvalue weighted by molar-refractivity contribution is 7.85. The van der Waals surface area contributed by atoms with Crippen LogP contribution in [0, 0.1) is 0 Å². The Morgan fingerprint density at radius 1 is 1.75 bits per heavy atom. The fourth-order valence-electron chi connectivity index (χ4n) is 1.31. The Morgan fingerprint density at radius 2 is 2.42 bits per heavy atom. The molecule has 0 amide bonds. The number of carboxylic acids is 1. The van der Waals surface area contributed by atoms with Crippen molar-refractivity contribution in [2.45, 2.75) is 13.0 Å². The van der Waals surface area contributed by atoms with Crippen LogP contribution >= 0.6 is 0 Å². The molecule has 0 aliphatic carbocycles. The molecule has 4 nitrogen and oxygen atoms in total. The lowest BCUT2D eigenvalue weighted by Gasteiger charge is -2.31. The van der Waals surface area contributed by atoms with Crippen molar-refractivity contribution in [2.24, 2.45) is 0 Å². The van der Waals surface area contributed by atoms with Crippen LogP contribution in [-0.4, -0.2) is 50.8 Å². The van der Waals surface area contributed by atoms with E-state index in [0.717, 1.165) is 0 Å². The molecule has 2 atom stereocenters. The topological polar surface area (TPSA) is 57.6 Å². The second-order valence-corrected chi connectivity index (χ2v) is 4.65. The van der Waals surface area contributed by atoms with Crippen molar-refractivity contribution in [3.05, 3.63) is 0 Å². The zero-order valence-electron chi connectivity index (χ0n) is 7.02. The van der Waals surface area contributed by atoms with E-state index < -0.39 is 16.8 Å². The first-order valence-electron chi connectivity index (χ1n) is 3.90. The van der Waals surface area contributed by atoms with Crippen molar-refractivity contribution in [1.82, 2.24) is 4.90 Å². The maximum atomic E-state index is 11.0. The molecule has 5 heteroatoms. The Bertz CT molecular complexity index is 207. The van der Waals surface area contributed by atoms with Gasteiger partial charge in [0.05, 0.1) is 6.54 Å². The number of aliphatic carboxylic acids is 1. The van der Waals surface area contributed by atoms with Crippen LogP contribution in [0.15, 0.2) is 0 Å². The van der Waals surface area contributed by atoms with Crippen LogP contribution in [0.1, 0.15) is 6.92 Å². The van der Waals surface area contributed by atoms with Crippen molar-refractivity contribution in [3.63, 3.8) is 0 Å². The van der Waals surface area contributed by atoms with E-state index >= 15 is 0 Å². The van der Waals surface area contributed by atoms with Crippen LogP contribution in [0.2, 0.25) is 0 Å². The molecule has 1 aliphatic rings. The first-order valence-corrected chi connectivity index (χ1v) is 5.39. The summed E-state index contributed by atoms with van der Waals surface area (Å²) in [5.74, 6) is 0.403.